The molecular formula is C22H19N3O2S2. The number of aromatic amines is 1. The zero-order chi connectivity index (χ0) is 20.2. The number of thioether (sulfide) groups is 1. The van der Waals surface area contributed by atoms with Crippen molar-refractivity contribution < 1.29 is 4.79 Å². The molecule has 4 rings (SSSR count). The average molecular weight is 422 g/mol. The quantitative estimate of drug-likeness (QED) is 0.467. The van der Waals surface area contributed by atoms with E-state index >= 15 is 0 Å². The summed E-state index contributed by atoms with van der Waals surface area (Å²) in [5.41, 5.74) is 3.64. The van der Waals surface area contributed by atoms with E-state index in [9.17, 15) is 9.59 Å². The molecular weight excluding hydrogens is 402 g/mol. The number of carbonyl (C=O) groups excluding carboxylic acids is 1. The number of hydrogen-bond donors (Lipinski definition) is 2. The Morgan fingerprint density at radius 3 is 2.79 bits per heavy atom. The van der Waals surface area contributed by atoms with Crippen molar-refractivity contribution in [3.8, 4) is 11.1 Å². The minimum atomic E-state index is -0.144. The van der Waals surface area contributed by atoms with Crippen molar-refractivity contribution in [2.24, 2.45) is 0 Å². The fourth-order valence-corrected chi connectivity index (χ4v) is 4.71. The third kappa shape index (κ3) is 4.58. The Morgan fingerprint density at radius 2 is 2.00 bits per heavy atom. The van der Waals surface area contributed by atoms with E-state index < -0.39 is 0 Å². The Labute approximate surface area is 176 Å². The number of nitrogens with zero attached hydrogens (tertiary/aromatic N) is 1. The Balaban J connectivity index is 1.43. The van der Waals surface area contributed by atoms with Gasteiger partial charge in [0.05, 0.1) is 16.9 Å². The minimum Gasteiger partial charge on any atom is -0.325 e. The van der Waals surface area contributed by atoms with Gasteiger partial charge in [-0.05, 0) is 30.2 Å². The van der Waals surface area contributed by atoms with Crippen molar-refractivity contribution in [3.05, 3.63) is 81.7 Å². The second-order valence-corrected chi connectivity index (χ2v) is 8.46. The van der Waals surface area contributed by atoms with Gasteiger partial charge in [-0.1, -0.05) is 42.5 Å². The highest BCUT2D eigenvalue weighted by molar-refractivity contribution is 7.99. The molecule has 2 aromatic carbocycles. The lowest BCUT2D eigenvalue weighted by molar-refractivity contribution is -0.113. The summed E-state index contributed by atoms with van der Waals surface area (Å²) < 4.78 is 0. The maximum Gasteiger partial charge on any atom is 0.260 e. The normalized spacial score (nSPS) is 10.9. The molecule has 0 aliphatic rings. The summed E-state index contributed by atoms with van der Waals surface area (Å²) in [4.78, 5) is 32.9. The van der Waals surface area contributed by atoms with E-state index in [-0.39, 0.29) is 17.2 Å². The molecule has 1 amide bonds. The molecule has 5 nitrogen and oxygen atoms in total. The second-order valence-electron chi connectivity index (χ2n) is 6.62. The zero-order valence-electron chi connectivity index (χ0n) is 15.8. The van der Waals surface area contributed by atoms with Crippen LogP contribution in [0.25, 0.3) is 21.3 Å². The van der Waals surface area contributed by atoms with Gasteiger partial charge in [-0.25, -0.2) is 4.98 Å². The number of amides is 1. The predicted molar refractivity (Wildman–Crippen MR) is 122 cm³/mol. The van der Waals surface area contributed by atoms with E-state index in [1.54, 1.807) is 0 Å². The molecule has 0 spiro atoms. The van der Waals surface area contributed by atoms with Crippen molar-refractivity contribution >= 4 is 44.9 Å². The average Bonchev–Trinajstić information content (AvgIpc) is 3.13. The van der Waals surface area contributed by atoms with E-state index in [2.05, 4.69) is 15.3 Å². The molecule has 2 heterocycles. The fourth-order valence-electron chi connectivity index (χ4n) is 3.05. The molecule has 4 aromatic rings. The first kappa shape index (κ1) is 19.4. The Hall–Kier alpha value is -2.90. The predicted octanol–water partition coefficient (Wildman–Crippen LogP) is 4.83. The van der Waals surface area contributed by atoms with E-state index in [0.29, 0.717) is 21.8 Å². The number of carbonyl (C=O) groups is 1. The topological polar surface area (TPSA) is 74.8 Å². The van der Waals surface area contributed by atoms with Crippen LogP contribution in [0.15, 0.2) is 64.8 Å². The summed E-state index contributed by atoms with van der Waals surface area (Å²) in [6.45, 7) is 1.98. The molecule has 0 saturated heterocycles. The summed E-state index contributed by atoms with van der Waals surface area (Å²) in [7, 11) is 0. The van der Waals surface area contributed by atoms with Crippen molar-refractivity contribution in [1.82, 2.24) is 9.97 Å². The number of aryl methyl sites for hydroxylation is 1. The second kappa shape index (κ2) is 8.63. The maximum atomic E-state index is 12.6. The smallest absolute Gasteiger partial charge is 0.260 e. The van der Waals surface area contributed by atoms with Crippen LogP contribution in [0.1, 0.15) is 11.4 Å². The molecule has 2 N–H and O–H groups in total. The van der Waals surface area contributed by atoms with Crippen molar-refractivity contribution in [3.63, 3.8) is 0 Å². The monoisotopic (exact) mass is 421 g/mol. The summed E-state index contributed by atoms with van der Waals surface area (Å²) in [5, 5.41) is 5.47. The lowest BCUT2D eigenvalue weighted by atomic mass is 10.1. The van der Waals surface area contributed by atoms with E-state index in [0.717, 1.165) is 22.4 Å². The minimum absolute atomic E-state index is 0.0773. The number of nitrogens with one attached hydrogen (secondary N) is 2. The molecule has 2 aromatic heterocycles. The van der Waals surface area contributed by atoms with E-state index in [1.807, 2.05) is 66.9 Å². The molecule has 29 heavy (non-hydrogen) atoms. The van der Waals surface area contributed by atoms with E-state index in [4.69, 9.17) is 0 Å². The number of benzene rings is 2. The summed E-state index contributed by atoms with van der Waals surface area (Å²) in [5.74, 6) is 1.25. The Morgan fingerprint density at radius 1 is 1.17 bits per heavy atom. The molecule has 0 aliphatic heterocycles. The van der Waals surface area contributed by atoms with Crippen LogP contribution in [0.4, 0.5) is 5.69 Å². The number of aromatic nitrogens is 2. The SMILES string of the molecule is Cc1cccc(NC(=O)CSCc2nc3scc(-c4ccccc4)c3c(=O)[nH]2)c1. The number of thiophene rings is 1. The molecule has 0 radical (unpaired) electrons. The van der Waals surface area contributed by atoms with Crippen LogP contribution in [0.3, 0.4) is 0 Å². The van der Waals surface area contributed by atoms with Crippen LogP contribution in [-0.2, 0) is 10.5 Å². The highest BCUT2D eigenvalue weighted by Gasteiger charge is 2.13. The first-order valence-corrected chi connectivity index (χ1v) is 11.1. The fraction of sp³-hybridized carbons (Fsp3) is 0.136. The van der Waals surface area contributed by atoms with Crippen LogP contribution < -0.4 is 10.9 Å². The van der Waals surface area contributed by atoms with Crippen LogP contribution in [0.5, 0.6) is 0 Å². The third-order valence-corrected chi connectivity index (χ3v) is 6.17. The molecule has 0 bridgehead atoms. The van der Waals surface area contributed by atoms with Crippen molar-refractivity contribution in [2.75, 3.05) is 11.1 Å². The van der Waals surface area contributed by atoms with Crippen LogP contribution in [0, 0.1) is 6.92 Å². The Bertz CT molecular complexity index is 1220. The van der Waals surface area contributed by atoms with Crippen LogP contribution in [-0.4, -0.2) is 21.6 Å². The van der Waals surface area contributed by atoms with Gasteiger partial charge in [0.25, 0.3) is 5.56 Å². The number of fused-ring (bicyclic) bond motifs is 1. The van der Waals surface area contributed by atoms with Gasteiger partial charge in [0, 0.05) is 16.6 Å². The van der Waals surface area contributed by atoms with Gasteiger partial charge in [0.15, 0.2) is 0 Å². The van der Waals surface area contributed by atoms with Gasteiger partial charge < -0.3 is 10.3 Å². The van der Waals surface area contributed by atoms with Gasteiger partial charge in [0.2, 0.25) is 5.91 Å². The van der Waals surface area contributed by atoms with Gasteiger partial charge in [-0.2, -0.15) is 0 Å². The molecule has 0 saturated carbocycles. The van der Waals surface area contributed by atoms with E-state index in [1.165, 1.54) is 23.1 Å². The molecule has 146 valence electrons. The summed E-state index contributed by atoms with van der Waals surface area (Å²) in [6.07, 6.45) is 0. The highest BCUT2D eigenvalue weighted by atomic mass is 32.2. The molecule has 0 unspecified atom stereocenters. The van der Waals surface area contributed by atoms with Crippen LogP contribution in [0.2, 0.25) is 0 Å². The molecule has 0 fully saturated rings. The summed E-state index contributed by atoms with van der Waals surface area (Å²) in [6, 6.07) is 17.5. The van der Waals surface area contributed by atoms with Crippen molar-refractivity contribution in [2.45, 2.75) is 12.7 Å². The van der Waals surface area contributed by atoms with Crippen LogP contribution >= 0.6 is 23.1 Å². The Kier molecular flexibility index (Phi) is 5.78. The lowest BCUT2D eigenvalue weighted by Gasteiger charge is -2.06. The zero-order valence-corrected chi connectivity index (χ0v) is 17.4. The first-order valence-electron chi connectivity index (χ1n) is 9.10. The number of anilines is 1. The number of H-pyrrole nitrogens is 1. The highest BCUT2D eigenvalue weighted by Crippen LogP contribution is 2.30. The van der Waals surface area contributed by atoms with Gasteiger partial charge in [0.1, 0.15) is 10.7 Å². The molecule has 0 aliphatic carbocycles. The lowest BCUT2D eigenvalue weighted by Crippen LogP contribution is -2.15. The van der Waals surface area contributed by atoms with Gasteiger partial charge in [-0.3, -0.25) is 9.59 Å². The first-order chi connectivity index (χ1) is 14.1. The van der Waals surface area contributed by atoms with Gasteiger partial charge >= 0.3 is 0 Å². The standard InChI is InChI=1S/C22H19N3O2S2/c1-14-6-5-9-16(10-14)23-19(26)13-28-12-18-24-21(27)20-17(11-29-22(20)25-18)15-7-3-2-4-8-15/h2-11H,12-13H2,1H3,(H,23,26)(H,24,25,27). The van der Waals surface area contributed by atoms with Crippen molar-refractivity contribution in [1.29, 1.82) is 0 Å². The maximum absolute atomic E-state index is 12.6. The largest absolute Gasteiger partial charge is 0.325 e. The molecule has 7 heteroatoms. The summed E-state index contributed by atoms with van der Waals surface area (Å²) >= 11 is 2.88. The number of hydrogen-bond acceptors (Lipinski definition) is 5. The molecule has 0 atom stereocenters. The van der Waals surface area contributed by atoms with Gasteiger partial charge in [-0.15, -0.1) is 23.1 Å². The number of rotatable bonds is 6. The third-order valence-electron chi connectivity index (χ3n) is 4.35.